The second-order valence-corrected chi connectivity index (χ2v) is 6.77. The SMILES string of the molecule is CC(NC1CCCCC1C(C)(C)C)c1ccco1. The third-order valence-corrected chi connectivity index (χ3v) is 4.31. The summed E-state index contributed by atoms with van der Waals surface area (Å²) < 4.78 is 5.50. The van der Waals surface area contributed by atoms with Gasteiger partial charge in [-0.15, -0.1) is 0 Å². The van der Waals surface area contributed by atoms with E-state index in [2.05, 4.69) is 39.1 Å². The minimum absolute atomic E-state index is 0.313. The summed E-state index contributed by atoms with van der Waals surface area (Å²) in [7, 11) is 0. The van der Waals surface area contributed by atoms with Gasteiger partial charge >= 0.3 is 0 Å². The number of rotatable bonds is 3. The zero-order chi connectivity index (χ0) is 13.2. The zero-order valence-corrected chi connectivity index (χ0v) is 12.2. The van der Waals surface area contributed by atoms with Crippen LogP contribution in [0.3, 0.4) is 0 Å². The largest absolute Gasteiger partial charge is 0.468 e. The first kappa shape index (κ1) is 13.7. The quantitative estimate of drug-likeness (QED) is 0.851. The van der Waals surface area contributed by atoms with E-state index < -0.39 is 0 Å². The van der Waals surface area contributed by atoms with Crippen LogP contribution in [0.25, 0.3) is 0 Å². The lowest BCUT2D eigenvalue weighted by atomic mass is 9.69. The first-order valence-electron chi connectivity index (χ1n) is 7.28. The maximum absolute atomic E-state index is 5.50. The third-order valence-electron chi connectivity index (χ3n) is 4.31. The van der Waals surface area contributed by atoms with Crippen molar-refractivity contribution in [2.24, 2.45) is 11.3 Å². The predicted octanol–water partition coefficient (Wildman–Crippen LogP) is 4.54. The highest BCUT2D eigenvalue weighted by molar-refractivity contribution is 5.04. The molecule has 102 valence electrons. The Morgan fingerprint density at radius 1 is 1.28 bits per heavy atom. The number of hydrogen-bond acceptors (Lipinski definition) is 2. The second-order valence-electron chi connectivity index (χ2n) is 6.77. The van der Waals surface area contributed by atoms with Crippen molar-refractivity contribution in [3.8, 4) is 0 Å². The van der Waals surface area contributed by atoms with Crippen LogP contribution in [0.5, 0.6) is 0 Å². The summed E-state index contributed by atoms with van der Waals surface area (Å²) >= 11 is 0. The molecule has 0 bridgehead atoms. The molecule has 0 radical (unpaired) electrons. The van der Waals surface area contributed by atoms with Crippen LogP contribution in [0.15, 0.2) is 22.8 Å². The van der Waals surface area contributed by atoms with Crippen LogP contribution >= 0.6 is 0 Å². The van der Waals surface area contributed by atoms with Gasteiger partial charge in [0.15, 0.2) is 0 Å². The fourth-order valence-corrected chi connectivity index (χ4v) is 3.31. The molecule has 1 aliphatic rings. The van der Waals surface area contributed by atoms with Crippen LogP contribution in [-0.4, -0.2) is 6.04 Å². The summed E-state index contributed by atoms with van der Waals surface area (Å²) in [5, 5.41) is 3.78. The highest BCUT2D eigenvalue weighted by atomic mass is 16.3. The molecule has 2 rings (SSSR count). The van der Waals surface area contributed by atoms with Gasteiger partial charge in [-0.25, -0.2) is 0 Å². The van der Waals surface area contributed by atoms with Crippen molar-refractivity contribution in [3.05, 3.63) is 24.2 Å². The minimum atomic E-state index is 0.313. The van der Waals surface area contributed by atoms with Crippen molar-refractivity contribution in [2.75, 3.05) is 0 Å². The fraction of sp³-hybridized carbons (Fsp3) is 0.750. The van der Waals surface area contributed by atoms with Crippen LogP contribution in [0.4, 0.5) is 0 Å². The number of hydrogen-bond donors (Lipinski definition) is 1. The smallest absolute Gasteiger partial charge is 0.120 e. The summed E-state index contributed by atoms with van der Waals surface area (Å²) in [6.07, 6.45) is 7.15. The number of nitrogens with one attached hydrogen (secondary N) is 1. The van der Waals surface area contributed by atoms with Crippen molar-refractivity contribution in [2.45, 2.75) is 65.5 Å². The maximum Gasteiger partial charge on any atom is 0.120 e. The molecule has 0 aliphatic heterocycles. The van der Waals surface area contributed by atoms with Crippen molar-refractivity contribution in [1.82, 2.24) is 5.32 Å². The molecular formula is C16H27NO. The predicted molar refractivity (Wildman–Crippen MR) is 75.5 cm³/mol. The van der Waals surface area contributed by atoms with E-state index in [-0.39, 0.29) is 0 Å². The zero-order valence-electron chi connectivity index (χ0n) is 12.2. The summed E-state index contributed by atoms with van der Waals surface area (Å²) in [6.45, 7) is 9.31. The molecule has 3 atom stereocenters. The molecular weight excluding hydrogens is 222 g/mol. The van der Waals surface area contributed by atoms with Crippen LogP contribution in [0.1, 0.15) is 65.2 Å². The van der Waals surface area contributed by atoms with Gasteiger partial charge in [0.05, 0.1) is 12.3 Å². The van der Waals surface area contributed by atoms with E-state index in [1.807, 2.05) is 6.07 Å². The second kappa shape index (κ2) is 5.48. The number of furan rings is 1. The van der Waals surface area contributed by atoms with Crippen molar-refractivity contribution in [3.63, 3.8) is 0 Å². The van der Waals surface area contributed by atoms with Gasteiger partial charge < -0.3 is 9.73 Å². The molecule has 0 amide bonds. The van der Waals surface area contributed by atoms with E-state index in [1.54, 1.807) is 6.26 Å². The van der Waals surface area contributed by atoms with E-state index in [0.717, 1.165) is 11.7 Å². The first-order valence-corrected chi connectivity index (χ1v) is 7.28. The molecule has 3 unspecified atom stereocenters. The molecule has 18 heavy (non-hydrogen) atoms. The van der Waals surface area contributed by atoms with Gasteiger partial charge in [0.1, 0.15) is 5.76 Å². The van der Waals surface area contributed by atoms with E-state index in [4.69, 9.17) is 4.42 Å². The standard InChI is InChI=1S/C16H27NO/c1-12(15-10-7-11-18-15)17-14-9-6-5-8-13(14)16(2,3)4/h7,10-14,17H,5-6,8-9H2,1-4H3. The Labute approximate surface area is 111 Å². The highest BCUT2D eigenvalue weighted by Gasteiger charge is 2.34. The average molecular weight is 249 g/mol. The fourth-order valence-electron chi connectivity index (χ4n) is 3.31. The van der Waals surface area contributed by atoms with Crippen LogP contribution in [0, 0.1) is 11.3 Å². The maximum atomic E-state index is 5.50. The van der Waals surface area contributed by atoms with Gasteiger partial charge in [0.2, 0.25) is 0 Å². The summed E-state index contributed by atoms with van der Waals surface area (Å²) in [4.78, 5) is 0. The Kier molecular flexibility index (Phi) is 4.16. The molecule has 2 nitrogen and oxygen atoms in total. The molecule has 0 spiro atoms. The molecule has 0 saturated heterocycles. The molecule has 1 aliphatic carbocycles. The van der Waals surface area contributed by atoms with Gasteiger partial charge in [0.25, 0.3) is 0 Å². The van der Waals surface area contributed by atoms with E-state index in [9.17, 15) is 0 Å². The summed E-state index contributed by atoms with van der Waals surface area (Å²) in [5.41, 5.74) is 0.390. The van der Waals surface area contributed by atoms with Crippen molar-refractivity contribution >= 4 is 0 Å². The molecule has 1 heterocycles. The van der Waals surface area contributed by atoms with Gasteiger partial charge in [-0.05, 0) is 43.2 Å². The Hall–Kier alpha value is -0.760. The Balaban J connectivity index is 2.01. The molecule has 1 saturated carbocycles. The highest BCUT2D eigenvalue weighted by Crippen LogP contribution is 2.38. The Bertz CT molecular complexity index is 350. The summed E-state index contributed by atoms with van der Waals surface area (Å²) in [6, 6.07) is 4.97. The molecule has 2 heteroatoms. The van der Waals surface area contributed by atoms with E-state index in [0.29, 0.717) is 17.5 Å². The average Bonchev–Trinajstić information content (AvgIpc) is 2.81. The lowest BCUT2D eigenvalue weighted by Gasteiger charge is -2.42. The Morgan fingerprint density at radius 3 is 2.61 bits per heavy atom. The van der Waals surface area contributed by atoms with Crippen molar-refractivity contribution in [1.29, 1.82) is 0 Å². The first-order chi connectivity index (χ1) is 8.48. The van der Waals surface area contributed by atoms with Crippen LogP contribution in [-0.2, 0) is 0 Å². The monoisotopic (exact) mass is 249 g/mol. The molecule has 1 N–H and O–H groups in total. The lowest BCUT2D eigenvalue weighted by Crippen LogP contribution is -2.45. The van der Waals surface area contributed by atoms with Gasteiger partial charge in [0, 0.05) is 6.04 Å². The van der Waals surface area contributed by atoms with Gasteiger partial charge in [-0.1, -0.05) is 33.6 Å². The van der Waals surface area contributed by atoms with Crippen molar-refractivity contribution < 1.29 is 4.42 Å². The van der Waals surface area contributed by atoms with E-state index in [1.165, 1.54) is 25.7 Å². The molecule has 1 aromatic heterocycles. The van der Waals surface area contributed by atoms with Crippen LogP contribution < -0.4 is 5.32 Å². The van der Waals surface area contributed by atoms with E-state index >= 15 is 0 Å². The molecule has 1 fully saturated rings. The lowest BCUT2D eigenvalue weighted by molar-refractivity contribution is 0.122. The summed E-state index contributed by atoms with van der Waals surface area (Å²) in [5.74, 6) is 1.82. The van der Waals surface area contributed by atoms with Gasteiger partial charge in [-0.2, -0.15) is 0 Å². The molecule has 0 aromatic carbocycles. The minimum Gasteiger partial charge on any atom is -0.468 e. The van der Waals surface area contributed by atoms with Gasteiger partial charge in [-0.3, -0.25) is 0 Å². The molecule has 1 aromatic rings. The van der Waals surface area contributed by atoms with Crippen LogP contribution in [0.2, 0.25) is 0 Å². The normalized spacial score (nSPS) is 27.1. The third kappa shape index (κ3) is 3.17. The topological polar surface area (TPSA) is 25.2 Å². The Morgan fingerprint density at radius 2 is 2.00 bits per heavy atom.